The van der Waals surface area contributed by atoms with E-state index in [4.69, 9.17) is 4.74 Å². The van der Waals surface area contributed by atoms with Gasteiger partial charge in [0.2, 0.25) is 0 Å². The lowest BCUT2D eigenvalue weighted by Crippen LogP contribution is -2.04. The third kappa shape index (κ3) is 4.86. The van der Waals surface area contributed by atoms with E-state index in [2.05, 4.69) is 71.5 Å². The minimum absolute atomic E-state index is 0.563. The molecule has 0 aliphatic carbocycles. The van der Waals surface area contributed by atoms with Gasteiger partial charge in [-0.2, -0.15) is 0 Å². The van der Waals surface area contributed by atoms with E-state index in [-0.39, 0.29) is 0 Å². The molecule has 0 bridgehead atoms. The summed E-state index contributed by atoms with van der Waals surface area (Å²) in [7, 11) is 0. The molecule has 0 radical (unpaired) electrons. The number of hydrogen-bond donors (Lipinski definition) is 1. The Bertz CT molecular complexity index is 843. The number of rotatable bonds is 6. The van der Waals surface area contributed by atoms with E-state index < -0.39 is 0 Å². The molecular weight excluding hydrogens is 374 g/mol. The molecule has 0 atom stereocenters. The second-order valence-corrected chi connectivity index (χ2v) is 7.11. The van der Waals surface area contributed by atoms with Crippen LogP contribution < -0.4 is 10.1 Å². The number of para-hydroxylation sites is 1. The fourth-order valence-corrected chi connectivity index (χ4v) is 2.91. The molecule has 0 aliphatic rings. The fraction of sp³-hybridized carbons (Fsp3) is 0.182. The molecule has 0 aliphatic heterocycles. The normalized spacial score (nSPS) is 10.5. The van der Waals surface area contributed by atoms with E-state index in [1.54, 1.807) is 0 Å². The Kier molecular flexibility index (Phi) is 5.77. The monoisotopic (exact) mass is 395 g/mol. The zero-order chi connectivity index (χ0) is 17.6. The number of benzene rings is 3. The van der Waals surface area contributed by atoms with Crippen molar-refractivity contribution in [2.24, 2.45) is 0 Å². The summed E-state index contributed by atoms with van der Waals surface area (Å²) in [6, 6.07) is 22.9. The number of nitrogens with one attached hydrogen (secondary N) is 1. The Morgan fingerprint density at radius 2 is 1.68 bits per heavy atom. The van der Waals surface area contributed by atoms with Crippen molar-refractivity contribution in [1.29, 1.82) is 0 Å². The molecule has 0 unspecified atom stereocenters. The van der Waals surface area contributed by atoms with E-state index in [1.807, 2.05) is 30.3 Å². The lowest BCUT2D eigenvalue weighted by molar-refractivity contribution is 0.303. The highest BCUT2D eigenvalue weighted by atomic mass is 79.9. The molecule has 3 rings (SSSR count). The van der Waals surface area contributed by atoms with Crippen LogP contribution >= 0.6 is 15.9 Å². The van der Waals surface area contributed by atoms with Gasteiger partial charge in [0, 0.05) is 22.3 Å². The average molecular weight is 396 g/mol. The molecule has 0 saturated heterocycles. The quantitative estimate of drug-likeness (QED) is 0.531. The highest BCUT2D eigenvalue weighted by molar-refractivity contribution is 9.10. The Labute approximate surface area is 158 Å². The third-order valence-electron chi connectivity index (χ3n) is 4.14. The van der Waals surface area contributed by atoms with E-state index in [1.165, 1.54) is 16.8 Å². The van der Waals surface area contributed by atoms with Crippen LogP contribution in [0.2, 0.25) is 0 Å². The smallest absolute Gasteiger partial charge is 0.124 e. The summed E-state index contributed by atoms with van der Waals surface area (Å²) < 4.78 is 7.13. The first-order chi connectivity index (χ1) is 12.1. The maximum Gasteiger partial charge on any atom is 0.124 e. The fourth-order valence-electron chi connectivity index (χ4n) is 2.65. The Balaban J connectivity index is 1.68. The van der Waals surface area contributed by atoms with Crippen LogP contribution in [0.4, 0.5) is 5.69 Å². The number of ether oxygens (including phenoxy) is 1. The van der Waals surface area contributed by atoms with Crippen molar-refractivity contribution in [3.8, 4) is 5.75 Å². The second-order valence-electron chi connectivity index (χ2n) is 6.19. The highest BCUT2D eigenvalue weighted by Crippen LogP contribution is 2.23. The molecule has 25 heavy (non-hydrogen) atoms. The molecule has 0 amide bonds. The van der Waals surface area contributed by atoms with Gasteiger partial charge in [0.05, 0.1) is 0 Å². The third-order valence-corrected chi connectivity index (χ3v) is 4.67. The first-order valence-corrected chi connectivity index (χ1v) is 9.17. The van der Waals surface area contributed by atoms with Gasteiger partial charge in [-0.1, -0.05) is 58.4 Å². The summed E-state index contributed by atoms with van der Waals surface area (Å²) in [5.41, 5.74) is 5.98. The Hall–Kier alpha value is -2.26. The van der Waals surface area contributed by atoms with Crippen molar-refractivity contribution in [1.82, 2.24) is 0 Å². The van der Waals surface area contributed by atoms with Gasteiger partial charge in [-0.05, 0) is 54.8 Å². The topological polar surface area (TPSA) is 21.3 Å². The van der Waals surface area contributed by atoms with E-state index in [0.29, 0.717) is 6.61 Å². The van der Waals surface area contributed by atoms with Crippen molar-refractivity contribution in [2.45, 2.75) is 27.0 Å². The zero-order valence-corrected chi connectivity index (χ0v) is 16.1. The predicted molar refractivity (Wildman–Crippen MR) is 108 cm³/mol. The summed E-state index contributed by atoms with van der Waals surface area (Å²) in [5.74, 6) is 0.920. The minimum atomic E-state index is 0.563. The van der Waals surface area contributed by atoms with Crippen LogP contribution in [0.15, 0.2) is 71.2 Å². The molecular formula is C22H22BrNO. The average Bonchev–Trinajstić information content (AvgIpc) is 2.63. The Morgan fingerprint density at radius 1 is 0.920 bits per heavy atom. The second kappa shape index (κ2) is 8.21. The van der Waals surface area contributed by atoms with Crippen LogP contribution in [0.25, 0.3) is 0 Å². The molecule has 2 nitrogen and oxygen atoms in total. The minimum Gasteiger partial charge on any atom is -0.489 e. The number of hydrogen-bond acceptors (Lipinski definition) is 2. The molecule has 0 aromatic heterocycles. The van der Waals surface area contributed by atoms with Gasteiger partial charge in [-0.3, -0.25) is 0 Å². The van der Waals surface area contributed by atoms with E-state index in [9.17, 15) is 0 Å². The first-order valence-electron chi connectivity index (χ1n) is 8.38. The van der Waals surface area contributed by atoms with Gasteiger partial charge in [0.25, 0.3) is 0 Å². The van der Waals surface area contributed by atoms with Crippen LogP contribution in [0.1, 0.15) is 22.3 Å². The lowest BCUT2D eigenvalue weighted by atomic mass is 10.1. The predicted octanol–water partition coefficient (Wildman–Crippen LogP) is 6.26. The van der Waals surface area contributed by atoms with Crippen LogP contribution in [-0.4, -0.2) is 0 Å². The van der Waals surface area contributed by atoms with Crippen molar-refractivity contribution >= 4 is 21.6 Å². The molecule has 0 spiro atoms. The SMILES string of the molecule is Cc1ccc(C)c(NCc2ccccc2OCc2ccc(Br)cc2)c1. The van der Waals surface area contributed by atoms with Crippen LogP contribution in [0.5, 0.6) is 5.75 Å². The molecule has 3 aromatic carbocycles. The van der Waals surface area contributed by atoms with Crippen molar-refractivity contribution in [3.63, 3.8) is 0 Å². The molecule has 1 N–H and O–H groups in total. The summed E-state index contributed by atoms with van der Waals surface area (Å²) in [5, 5.41) is 3.53. The summed E-state index contributed by atoms with van der Waals surface area (Å²) >= 11 is 3.46. The molecule has 0 fully saturated rings. The van der Waals surface area contributed by atoms with Gasteiger partial charge in [0.15, 0.2) is 0 Å². The number of aryl methyl sites for hydroxylation is 2. The van der Waals surface area contributed by atoms with Gasteiger partial charge in [0.1, 0.15) is 12.4 Å². The Morgan fingerprint density at radius 3 is 2.48 bits per heavy atom. The van der Waals surface area contributed by atoms with Gasteiger partial charge in [-0.25, -0.2) is 0 Å². The molecule has 0 saturated carbocycles. The van der Waals surface area contributed by atoms with Crippen molar-refractivity contribution < 1.29 is 4.74 Å². The standard InChI is InChI=1S/C22H22BrNO/c1-16-7-8-17(2)21(13-16)24-14-19-5-3-4-6-22(19)25-15-18-9-11-20(23)12-10-18/h3-13,24H,14-15H2,1-2H3. The summed E-state index contributed by atoms with van der Waals surface area (Å²) in [6.07, 6.45) is 0. The summed E-state index contributed by atoms with van der Waals surface area (Å²) in [4.78, 5) is 0. The van der Waals surface area contributed by atoms with Gasteiger partial charge in [-0.15, -0.1) is 0 Å². The number of anilines is 1. The maximum absolute atomic E-state index is 6.05. The number of halogens is 1. The molecule has 128 valence electrons. The molecule has 3 aromatic rings. The summed E-state index contributed by atoms with van der Waals surface area (Å²) in [6.45, 7) is 5.53. The van der Waals surface area contributed by atoms with Crippen molar-refractivity contribution in [2.75, 3.05) is 5.32 Å². The van der Waals surface area contributed by atoms with E-state index in [0.717, 1.165) is 27.9 Å². The lowest BCUT2D eigenvalue weighted by Gasteiger charge is -2.14. The maximum atomic E-state index is 6.05. The largest absolute Gasteiger partial charge is 0.489 e. The first kappa shape index (κ1) is 17.6. The van der Waals surface area contributed by atoms with Gasteiger partial charge >= 0.3 is 0 Å². The van der Waals surface area contributed by atoms with Crippen LogP contribution in [0, 0.1) is 13.8 Å². The van der Waals surface area contributed by atoms with Crippen LogP contribution in [0.3, 0.4) is 0 Å². The zero-order valence-electron chi connectivity index (χ0n) is 14.6. The van der Waals surface area contributed by atoms with Crippen molar-refractivity contribution in [3.05, 3.63) is 93.5 Å². The highest BCUT2D eigenvalue weighted by Gasteiger charge is 2.05. The molecule has 0 heterocycles. The van der Waals surface area contributed by atoms with E-state index >= 15 is 0 Å². The van der Waals surface area contributed by atoms with Gasteiger partial charge < -0.3 is 10.1 Å². The molecule has 3 heteroatoms. The van der Waals surface area contributed by atoms with Crippen LogP contribution in [-0.2, 0) is 13.2 Å².